The van der Waals surface area contributed by atoms with Gasteiger partial charge >= 0.3 is 0 Å². The van der Waals surface area contributed by atoms with Crippen LogP contribution in [0.4, 0.5) is 0 Å². The quantitative estimate of drug-likeness (QED) is 0.138. The normalized spacial score (nSPS) is 16.5. The Labute approximate surface area is 229 Å². The molecule has 0 aromatic heterocycles. The highest BCUT2D eigenvalue weighted by atomic mass is 16.5. The predicted molar refractivity (Wildman–Crippen MR) is 150 cm³/mol. The van der Waals surface area contributed by atoms with Crippen molar-refractivity contribution >= 4 is 17.4 Å². The molecular weight excluding hydrogens is 494 g/mol. The van der Waals surface area contributed by atoms with Crippen molar-refractivity contribution in [3.63, 3.8) is 0 Å². The van der Waals surface area contributed by atoms with Gasteiger partial charge in [0.1, 0.15) is 23.9 Å². The average Bonchev–Trinajstić information content (AvgIpc) is 3.21. The van der Waals surface area contributed by atoms with Gasteiger partial charge in [-0.2, -0.15) is 0 Å². The minimum Gasteiger partial charge on any atom is -0.507 e. The second-order valence-corrected chi connectivity index (χ2v) is 9.51. The summed E-state index contributed by atoms with van der Waals surface area (Å²) in [5.41, 5.74) is 3.04. The number of aryl methyl sites for hydroxylation is 1. The zero-order valence-corrected chi connectivity index (χ0v) is 22.7. The number of rotatable bonds is 12. The van der Waals surface area contributed by atoms with E-state index < -0.39 is 17.7 Å². The summed E-state index contributed by atoms with van der Waals surface area (Å²) in [5, 5.41) is 11.4. The highest BCUT2D eigenvalue weighted by Gasteiger charge is 2.45. The predicted octanol–water partition coefficient (Wildman–Crippen LogP) is 5.82. The zero-order valence-electron chi connectivity index (χ0n) is 22.7. The number of ether oxygens (including phenoxy) is 3. The molecule has 0 radical (unpaired) electrons. The van der Waals surface area contributed by atoms with Crippen LogP contribution in [0.3, 0.4) is 0 Å². The SMILES string of the molecule is CCCOc1cccc(C2/C(=C(\O)c3ccc(OCc4ccccc4)c(C)c3)C(=O)C(=O)N2CCCOC)c1. The molecule has 3 aromatic carbocycles. The number of hydrogen-bond acceptors (Lipinski definition) is 6. The molecule has 1 N–H and O–H groups in total. The van der Waals surface area contributed by atoms with E-state index in [1.807, 2.05) is 68.4 Å². The molecule has 0 saturated carbocycles. The largest absolute Gasteiger partial charge is 0.507 e. The number of aliphatic hydroxyl groups is 1. The molecule has 4 rings (SSSR count). The molecule has 1 aliphatic heterocycles. The highest BCUT2D eigenvalue weighted by molar-refractivity contribution is 6.46. The summed E-state index contributed by atoms with van der Waals surface area (Å²) >= 11 is 0. The van der Waals surface area contributed by atoms with E-state index in [-0.39, 0.29) is 11.3 Å². The molecule has 1 atom stereocenters. The first-order valence-electron chi connectivity index (χ1n) is 13.2. The van der Waals surface area contributed by atoms with E-state index in [1.165, 1.54) is 4.90 Å². The Kier molecular flexibility index (Phi) is 9.39. The maximum absolute atomic E-state index is 13.3. The van der Waals surface area contributed by atoms with E-state index in [1.54, 1.807) is 25.3 Å². The Balaban J connectivity index is 1.69. The summed E-state index contributed by atoms with van der Waals surface area (Å²) in [4.78, 5) is 28.0. The van der Waals surface area contributed by atoms with Crippen molar-refractivity contribution in [1.29, 1.82) is 0 Å². The standard InChI is InChI=1S/C32H35NO6/c1-4-17-38-26-13-8-12-24(20-26)29-28(31(35)32(36)33(29)16-9-18-37-3)30(34)25-14-15-27(22(2)19-25)39-21-23-10-6-5-7-11-23/h5-8,10-15,19-20,29,34H,4,9,16-18,21H2,1-3H3/b30-28+. The Morgan fingerprint density at radius 2 is 1.74 bits per heavy atom. The molecule has 204 valence electrons. The van der Waals surface area contributed by atoms with E-state index >= 15 is 0 Å². The third kappa shape index (κ3) is 6.49. The summed E-state index contributed by atoms with van der Waals surface area (Å²) in [6.07, 6.45) is 1.41. The molecule has 0 aliphatic carbocycles. The van der Waals surface area contributed by atoms with Crippen LogP contribution in [-0.4, -0.2) is 48.6 Å². The van der Waals surface area contributed by atoms with E-state index in [9.17, 15) is 14.7 Å². The minimum atomic E-state index is -0.749. The fourth-order valence-corrected chi connectivity index (χ4v) is 4.68. The van der Waals surface area contributed by atoms with E-state index in [0.717, 1.165) is 17.5 Å². The maximum atomic E-state index is 13.3. The lowest BCUT2D eigenvalue weighted by Gasteiger charge is -2.25. The number of aliphatic hydroxyl groups excluding tert-OH is 1. The number of carbonyl (C=O) groups is 2. The first-order valence-corrected chi connectivity index (χ1v) is 13.2. The smallest absolute Gasteiger partial charge is 0.295 e. The van der Waals surface area contributed by atoms with Gasteiger partial charge in [-0.05, 0) is 66.8 Å². The summed E-state index contributed by atoms with van der Waals surface area (Å²) in [7, 11) is 1.59. The molecule has 1 fully saturated rings. The minimum absolute atomic E-state index is 0.0578. The Bertz CT molecular complexity index is 1330. The van der Waals surface area contributed by atoms with Gasteiger partial charge in [-0.1, -0.05) is 49.4 Å². The van der Waals surface area contributed by atoms with E-state index in [2.05, 4.69) is 0 Å². The fraction of sp³-hybridized carbons (Fsp3) is 0.312. The van der Waals surface area contributed by atoms with Gasteiger partial charge in [0.15, 0.2) is 0 Å². The summed E-state index contributed by atoms with van der Waals surface area (Å²) in [6.45, 7) is 5.62. The Hall–Kier alpha value is -4.10. The molecule has 7 nitrogen and oxygen atoms in total. The Morgan fingerprint density at radius 1 is 0.949 bits per heavy atom. The van der Waals surface area contributed by atoms with Crippen LogP contribution < -0.4 is 9.47 Å². The molecular formula is C32H35NO6. The number of nitrogens with zero attached hydrogens (tertiary/aromatic N) is 1. The number of likely N-dealkylation sites (tertiary alicyclic amines) is 1. The number of amides is 1. The van der Waals surface area contributed by atoms with Gasteiger partial charge in [0.2, 0.25) is 0 Å². The second kappa shape index (κ2) is 13.1. The van der Waals surface area contributed by atoms with Gasteiger partial charge in [0.05, 0.1) is 18.2 Å². The lowest BCUT2D eigenvalue weighted by Crippen LogP contribution is -2.31. The summed E-state index contributed by atoms with van der Waals surface area (Å²) < 4.78 is 17.0. The number of Topliss-reactive ketones (excluding diaryl/α,β-unsaturated/α-hetero) is 1. The van der Waals surface area contributed by atoms with Crippen molar-refractivity contribution < 1.29 is 28.9 Å². The van der Waals surface area contributed by atoms with Crippen LogP contribution in [0.25, 0.3) is 5.76 Å². The molecule has 1 saturated heterocycles. The monoisotopic (exact) mass is 529 g/mol. The average molecular weight is 530 g/mol. The van der Waals surface area contributed by atoms with Crippen molar-refractivity contribution in [3.8, 4) is 11.5 Å². The number of carbonyl (C=O) groups excluding carboxylic acids is 2. The van der Waals surface area contributed by atoms with Gasteiger partial charge < -0.3 is 24.2 Å². The third-order valence-electron chi connectivity index (χ3n) is 6.62. The van der Waals surface area contributed by atoms with Crippen molar-refractivity contribution in [2.24, 2.45) is 0 Å². The third-order valence-corrected chi connectivity index (χ3v) is 6.62. The Morgan fingerprint density at radius 3 is 2.46 bits per heavy atom. The molecule has 7 heteroatoms. The van der Waals surface area contributed by atoms with Crippen molar-refractivity contribution in [2.45, 2.75) is 39.3 Å². The van der Waals surface area contributed by atoms with Crippen LogP contribution >= 0.6 is 0 Å². The molecule has 3 aromatic rings. The summed E-state index contributed by atoms with van der Waals surface area (Å²) in [6, 6.07) is 21.7. The molecule has 0 bridgehead atoms. The topological polar surface area (TPSA) is 85.3 Å². The molecule has 39 heavy (non-hydrogen) atoms. The summed E-state index contributed by atoms with van der Waals surface area (Å²) in [5.74, 6) is -0.251. The molecule has 1 amide bonds. The molecule has 1 unspecified atom stereocenters. The molecule has 0 spiro atoms. The lowest BCUT2D eigenvalue weighted by atomic mass is 9.94. The number of methoxy groups -OCH3 is 1. The number of benzene rings is 3. The van der Waals surface area contributed by atoms with Gasteiger partial charge in [-0.25, -0.2) is 0 Å². The van der Waals surface area contributed by atoms with E-state index in [4.69, 9.17) is 14.2 Å². The van der Waals surface area contributed by atoms with Crippen LogP contribution in [0.5, 0.6) is 11.5 Å². The van der Waals surface area contributed by atoms with Crippen molar-refractivity contribution in [1.82, 2.24) is 4.90 Å². The van der Waals surface area contributed by atoms with Crippen molar-refractivity contribution in [3.05, 3.63) is 101 Å². The van der Waals surface area contributed by atoms with E-state index in [0.29, 0.717) is 55.4 Å². The zero-order chi connectivity index (χ0) is 27.8. The second-order valence-electron chi connectivity index (χ2n) is 9.51. The number of hydrogen-bond donors (Lipinski definition) is 1. The van der Waals surface area contributed by atoms with Crippen molar-refractivity contribution in [2.75, 3.05) is 26.9 Å². The lowest BCUT2D eigenvalue weighted by molar-refractivity contribution is -0.140. The first kappa shape index (κ1) is 27.9. The first-order chi connectivity index (χ1) is 18.9. The van der Waals surface area contributed by atoms with Gasteiger partial charge in [0.25, 0.3) is 11.7 Å². The fourth-order valence-electron chi connectivity index (χ4n) is 4.68. The van der Waals surface area contributed by atoms with Crippen LogP contribution in [0.2, 0.25) is 0 Å². The molecule has 1 aliphatic rings. The van der Waals surface area contributed by atoms with Gasteiger partial charge in [-0.15, -0.1) is 0 Å². The van der Waals surface area contributed by atoms with Crippen LogP contribution in [0.15, 0.2) is 78.4 Å². The van der Waals surface area contributed by atoms with Gasteiger partial charge in [0, 0.05) is 25.8 Å². The maximum Gasteiger partial charge on any atom is 0.295 e. The van der Waals surface area contributed by atoms with Crippen LogP contribution in [0, 0.1) is 6.92 Å². The van der Waals surface area contributed by atoms with Gasteiger partial charge in [-0.3, -0.25) is 9.59 Å². The number of ketones is 1. The van der Waals surface area contributed by atoms with Crippen LogP contribution in [0.1, 0.15) is 48.1 Å². The molecule has 1 heterocycles. The van der Waals surface area contributed by atoms with Crippen LogP contribution in [-0.2, 0) is 20.9 Å². The highest BCUT2D eigenvalue weighted by Crippen LogP contribution is 2.40.